The number of thioether (sulfide) groups is 1. The molecule has 158 valence electrons. The van der Waals surface area contributed by atoms with Crippen molar-refractivity contribution in [3.05, 3.63) is 80.5 Å². The topological polar surface area (TPSA) is 64.0 Å². The van der Waals surface area contributed by atoms with E-state index >= 15 is 0 Å². The number of benzene rings is 2. The van der Waals surface area contributed by atoms with Gasteiger partial charge in [-0.05, 0) is 85.7 Å². The molecule has 0 bridgehead atoms. The SMILES string of the molecule is Cc1cc(C)cc(-n2c(SCC(=O)Nc3ccc(C)c(C)c3)nc3ccsc3c2=O)c1. The van der Waals surface area contributed by atoms with E-state index in [2.05, 4.69) is 11.4 Å². The zero-order valence-electron chi connectivity index (χ0n) is 17.9. The van der Waals surface area contributed by atoms with Crippen LogP contribution < -0.4 is 10.9 Å². The predicted molar refractivity (Wildman–Crippen MR) is 130 cm³/mol. The van der Waals surface area contributed by atoms with Gasteiger partial charge in [-0.25, -0.2) is 4.98 Å². The van der Waals surface area contributed by atoms with Crippen molar-refractivity contribution in [1.29, 1.82) is 0 Å². The Bertz CT molecular complexity index is 1330. The van der Waals surface area contributed by atoms with Crippen molar-refractivity contribution in [2.75, 3.05) is 11.1 Å². The molecule has 4 aromatic rings. The highest BCUT2D eigenvalue weighted by atomic mass is 32.2. The minimum Gasteiger partial charge on any atom is -0.325 e. The summed E-state index contributed by atoms with van der Waals surface area (Å²) in [5.41, 5.74) is 6.52. The van der Waals surface area contributed by atoms with Gasteiger partial charge in [-0.3, -0.25) is 14.2 Å². The summed E-state index contributed by atoms with van der Waals surface area (Å²) in [5, 5.41) is 5.31. The lowest BCUT2D eigenvalue weighted by Crippen LogP contribution is -2.22. The monoisotopic (exact) mass is 449 g/mol. The molecule has 0 saturated heterocycles. The van der Waals surface area contributed by atoms with Crippen LogP contribution in [0.4, 0.5) is 5.69 Å². The summed E-state index contributed by atoms with van der Waals surface area (Å²) >= 11 is 2.65. The maximum atomic E-state index is 13.3. The van der Waals surface area contributed by atoms with Crippen molar-refractivity contribution in [3.63, 3.8) is 0 Å². The van der Waals surface area contributed by atoms with Crippen LogP contribution in [-0.2, 0) is 4.79 Å². The van der Waals surface area contributed by atoms with Crippen LogP contribution in [0.5, 0.6) is 0 Å². The third-order valence-corrected chi connectivity index (χ3v) is 6.87. The minimum atomic E-state index is -0.139. The van der Waals surface area contributed by atoms with Crippen LogP contribution in [-0.4, -0.2) is 21.2 Å². The van der Waals surface area contributed by atoms with E-state index in [1.807, 2.05) is 69.5 Å². The van der Waals surface area contributed by atoms with Gasteiger partial charge in [-0.15, -0.1) is 11.3 Å². The molecule has 0 saturated carbocycles. The fourth-order valence-electron chi connectivity index (χ4n) is 3.44. The number of aryl methyl sites for hydroxylation is 4. The van der Waals surface area contributed by atoms with E-state index in [0.29, 0.717) is 15.4 Å². The minimum absolute atomic E-state index is 0.109. The second-order valence-corrected chi connectivity index (χ2v) is 9.51. The van der Waals surface area contributed by atoms with E-state index in [0.717, 1.165) is 28.1 Å². The maximum Gasteiger partial charge on any atom is 0.276 e. The van der Waals surface area contributed by atoms with E-state index in [1.165, 1.54) is 28.7 Å². The molecule has 0 fully saturated rings. The smallest absolute Gasteiger partial charge is 0.276 e. The zero-order chi connectivity index (χ0) is 22.1. The summed E-state index contributed by atoms with van der Waals surface area (Å²) in [7, 11) is 0. The summed E-state index contributed by atoms with van der Waals surface area (Å²) in [5.74, 6) is 0.0136. The van der Waals surface area contributed by atoms with Gasteiger partial charge in [-0.2, -0.15) is 0 Å². The molecule has 0 aliphatic carbocycles. The van der Waals surface area contributed by atoms with Gasteiger partial charge in [0, 0.05) is 5.69 Å². The van der Waals surface area contributed by atoms with Crippen LogP contribution in [0.2, 0.25) is 0 Å². The molecule has 7 heteroatoms. The van der Waals surface area contributed by atoms with Crippen molar-refractivity contribution < 1.29 is 4.79 Å². The maximum absolute atomic E-state index is 13.3. The first-order valence-electron chi connectivity index (χ1n) is 9.90. The number of nitrogens with one attached hydrogen (secondary N) is 1. The third-order valence-electron chi connectivity index (χ3n) is 5.04. The molecule has 2 aromatic heterocycles. The molecular weight excluding hydrogens is 426 g/mol. The number of anilines is 1. The molecule has 0 radical (unpaired) electrons. The van der Waals surface area contributed by atoms with Crippen molar-refractivity contribution in [1.82, 2.24) is 9.55 Å². The first kappa shape index (κ1) is 21.3. The normalized spacial score (nSPS) is 11.1. The van der Waals surface area contributed by atoms with E-state index in [1.54, 1.807) is 4.57 Å². The number of nitrogens with zero attached hydrogens (tertiary/aromatic N) is 2. The number of carbonyl (C=O) groups excluding carboxylic acids is 1. The zero-order valence-corrected chi connectivity index (χ0v) is 19.5. The Labute approximate surface area is 189 Å². The Morgan fingerprint density at radius 2 is 1.77 bits per heavy atom. The molecule has 0 atom stereocenters. The first-order valence-corrected chi connectivity index (χ1v) is 11.8. The lowest BCUT2D eigenvalue weighted by Gasteiger charge is -2.13. The van der Waals surface area contributed by atoms with Crippen LogP contribution in [0.15, 0.2) is 57.8 Å². The van der Waals surface area contributed by atoms with Crippen molar-refractivity contribution in [2.24, 2.45) is 0 Å². The summed E-state index contributed by atoms with van der Waals surface area (Å²) in [4.78, 5) is 30.5. The van der Waals surface area contributed by atoms with Crippen LogP contribution in [0.25, 0.3) is 15.9 Å². The Balaban J connectivity index is 1.65. The average Bonchev–Trinajstić information content (AvgIpc) is 3.17. The third kappa shape index (κ3) is 4.57. The number of carbonyl (C=O) groups is 1. The molecule has 0 aliphatic rings. The predicted octanol–water partition coefficient (Wildman–Crippen LogP) is 5.41. The number of amides is 1. The Hall–Kier alpha value is -2.90. The number of aromatic nitrogens is 2. The number of hydrogen-bond acceptors (Lipinski definition) is 5. The van der Waals surface area contributed by atoms with E-state index in [-0.39, 0.29) is 17.2 Å². The van der Waals surface area contributed by atoms with Gasteiger partial charge in [0.25, 0.3) is 5.56 Å². The van der Waals surface area contributed by atoms with Gasteiger partial charge < -0.3 is 5.32 Å². The van der Waals surface area contributed by atoms with E-state index < -0.39 is 0 Å². The van der Waals surface area contributed by atoms with Crippen LogP contribution >= 0.6 is 23.1 Å². The van der Waals surface area contributed by atoms with Gasteiger partial charge in [-0.1, -0.05) is 23.9 Å². The standard InChI is InChI=1S/C24H23N3O2S2/c1-14-9-15(2)11-19(10-14)27-23(29)22-20(7-8-30-22)26-24(27)31-13-21(28)25-18-6-5-16(3)17(4)12-18/h5-12H,13H2,1-4H3,(H,25,28). The van der Waals surface area contributed by atoms with Crippen LogP contribution in [0.3, 0.4) is 0 Å². The molecular formula is C24H23N3O2S2. The molecule has 1 N–H and O–H groups in total. The van der Waals surface area contributed by atoms with Crippen molar-refractivity contribution in [3.8, 4) is 5.69 Å². The van der Waals surface area contributed by atoms with Crippen LogP contribution in [0.1, 0.15) is 22.3 Å². The van der Waals surface area contributed by atoms with Gasteiger partial charge in [0.15, 0.2) is 5.16 Å². The summed E-state index contributed by atoms with van der Waals surface area (Å²) < 4.78 is 2.23. The molecule has 2 aromatic carbocycles. The molecule has 4 rings (SSSR count). The highest BCUT2D eigenvalue weighted by Gasteiger charge is 2.16. The quantitative estimate of drug-likeness (QED) is 0.327. The Morgan fingerprint density at radius 3 is 2.48 bits per heavy atom. The highest BCUT2D eigenvalue weighted by molar-refractivity contribution is 7.99. The lowest BCUT2D eigenvalue weighted by molar-refractivity contribution is -0.113. The van der Waals surface area contributed by atoms with Crippen molar-refractivity contribution >= 4 is 44.9 Å². The van der Waals surface area contributed by atoms with Gasteiger partial charge in [0.1, 0.15) is 4.70 Å². The Kier molecular flexibility index (Phi) is 5.98. The second kappa shape index (κ2) is 8.69. The molecule has 1 amide bonds. The number of hydrogen-bond donors (Lipinski definition) is 1. The fraction of sp³-hybridized carbons (Fsp3) is 0.208. The highest BCUT2D eigenvalue weighted by Crippen LogP contribution is 2.25. The van der Waals surface area contributed by atoms with Crippen molar-refractivity contribution in [2.45, 2.75) is 32.9 Å². The second-order valence-electron chi connectivity index (χ2n) is 7.65. The lowest BCUT2D eigenvalue weighted by atomic mass is 10.1. The molecule has 0 aliphatic heterocycles. The van der Waals surface area contributed by atoms with E-state index in [9.17, 15) is 9.59 Å². The number of thiophene rings is 1. The summed E-state index contributed by atoms with van der Waals surface area (Å²) in [6, 6.07) is 13.7. The summed E-state index contributed by atoms with van der Waals surface area (Å²) in [6.45, 7) is 8.06. The number of rotatable bonds is 5. The van der Waals surface area contributed by atoms with Crippen LogP contribution in [0, 0.1) is 27.7 Å². The first-order chi connectivity index (χ1) is 14.8. The number of fused-ring (bicyclic) bond motifs is 1. The van der Waals surface area contributed by atoms with Gasteiger partial charge >= 0.3 is 0 Å². The molecule has 31 heavy (non-hydrogen) atoms. The molecule has 2 heterocycles. The molecule has 0 unspecified atom stereocenters. The van der Waals surface area contributed by atoms with Gasteiger partial charge in [0.2, 0.25) is 5.91 Å². The van der Waals surface area contributed by atoms with E-state index in [4.69, 9.17) is 4.98 Å². The molecule has 5 nitrogen and oxygen atoms in total. The van der Waals surface area contributed by atoms with Gasteiger partial charge in [0.05, 0.1) is 17.0 Å². The molecule has 0 spiro atoms. The largest absolute Gasteiger partial charge is 0.325 e. The average molecular weight is 450 g/mol. The Morgan fingerprint density at radius 1 is 1.03 bits per heavy atom. The summed E-state index contributed by atoms with van der Waals surface area (Å²) in [6.07, 6.45) is 0. The fourth-order valence-corrected chi connectivity index (χ4v) is 5.01.